The lowest BCUT2D eigenvalue weighted by molar-refractivity contribution is 0.0698. The average Bonchev–Trinajstić information content (AvgIpc) is 2.50. The molecule has 2 N–H and O–H groups in total. The summed E-state index contributed by atoms with van der Waals surface area (Å²) in [5.74, 6) is 0.821. The van der Waals surface area contributed by atoms with Gasteiger partial charge < -0.3 is 20.1 Å². The van der Waals surface area contributed by atoms with Crippen molar-refractivity contribution in [2.45, 2.75) is 33.7 Å². The van der Waals surface area contributed by atoms with Crippen LogP contribution in [0.2, 0.25) is 0 Å². The molecular formula is C18H32IN3O2. The lowest BCUT2D eigenvalue weighted by Gasteiger charge is -2.15. The van der Waals surface area contributed by atoms with Gasteiger partial charge in [0.1, 0.15) is 0 Å². The fraction of sp³-hybridized carbons (Fsp3) is 0.611. The van der Waals surface area contributed by atoms with Gasteiger partial charge in [0.2, 0.25) is 0 Å². The van der Waals surface area contributed by atoms with Crippen molar-refractivity contribution in [1.82, 2.24) is 10.6 Å². The van der Waals surface area contributed by atoms with Gasteiger partial charge in [0, 0.05) is 33.9 Å². The van der Waals surface area contributed by atoms with Gasteiger partial charge in [-0.3, -0.25) is 4.99 Å². The molecule has 138 valence electrons. The molecule has 1 aromatic rings. The highest BCUT2D eigenvalue weighted by molar-refractivity contribution is 14.0. The second kappa shape index (κ2) is 13.4. The van der Waals surface area contributed by atoms with E-state index in [1.54, 1.807) is 14.2 Å². The van der Waals surface area contributed by atoms with Crippen molar-refractivity contribution >= 4 is 29.9 Å². The molecular weight excluding hydrogens is 417 g/mol. The predicted octanol–water partition coefficient (Wildman–Crippen LogP) is 2.95. The molecule has 5 nitrogen and oxygen atoms in total. The zero-order valence-corrected chi connectivity index (χ0v) is 17.9. The summed E-state index contributed by atoms with van der Waals surface area (Å²) in [6.45, 7) is 10.1. The zero-order valence-electron chi connectivity index (χ0n) is 15.6. The number of benzene rings is 1. The summed E-state index contributed by atoms with van der Waals surface area (Å²) in [5.41, 5.74) is 5.27. The van der Waals surface area contributed by atoms with Crippen LogP contribution in [0, 0.1) is 20.8 Å². The standard InChI is InChI=1S/C18H31N3O2.HI/c1-14-11-15(2)17(16(3)12-14)13-21-18(19-4)20-7-6-8-23-10-9-22-5;/h11-12H,6-10,13H2,1-5H3,(H2,19,20,21);1H. The van der Waals surface area contributed by atoms with E-state index in [4.69, 9.17) is 9.47 Å². The molecule has 1 rings (SSSR count). The first-order valence-electron chi connectivity index (χ1n) is 8.16. The lowest BCUT2D eigenvalue weighted by atomic mass is 10.00. The molecule has 0 saturated heterocycles. The highest BCUT2D eigenvalue weighted by Crippen LogP contribution is 2.15. The monoisotopic (exact) mass is 449 g/mol. The number of hydrogen-bond donors (Lipinski definition) is 2. The van der Waals surface area contributed by atoms with E-state index in [2.05, 4.69) is 48.5 Å². The normalized spacial score (nSPS) is 11.1. The number of hydrogen-bond acceptors (Lipinski definition) is 3. The van der Waals surface area contributed by atoms with E-state index in [1.165, 1.54) is 22.3 Å². The molecule has 0 amide bonds. The van der Waals surface area contributed by atoms with Gasteiger partial charge in [0.15, 0.2) is 5.96 Å². The van der Waals surface area contributed by atoms with Crippen LogP contribution in [0.15, 0.2) is 17.1 Å². The Morgan fingerprint density at radius 1 is 1.04 bits per heavy atom. The average molecular weight is 449 g/mol. The molecule has 0 aliphatic heterocycles. The second-order valence-corrected chi connectivity index (χ2v) is 5.69. The number of aliphatic imine (C=N–C) groups is 1. The molecule has 0 aromatic heterocycles. The third-order valence-electron chi connectivity index (χ3n) is 3.69. The number of nitrogens with one attached hydrogen (secondary N) is 2. The Labute approximate surface area is 163 Å². The molecule has 0 bridgehead atoms. The summed E-state index contributed by atoms with van der Waals surface area (Å²) in [6, 6.07) is 4.44. The molecule has 0 saturated carbocycles. The van der Waals surface area contributed by atoms with Crippen LogP contribution in [0.25, 0.3) is 0 Å². The van der Waals surface area contributed by atoms with Crippen LogP contribution in [0.3, 0.4) is 0 Å². The third-order valence-corrected chi connectivity index (χ3v) is 3.69. The van der Waals surface area contributed by atoms with Gasteiger partial charge in [-0.15, -0.1) is 24.0 Å². The van der Waals surface area contributed by atoms with Gasteiger partial charge in [-0.2, -0.15) is 0 Å². The molecule has 6 heteroatoms. The summed E-state index contributed by atoms with van der Waals surface area (Å²) in [7, 11) is 3.47. The third kappa shape index (κ3) is 8.84. The highest BCUT2D eigenvalue weighted by Gasteiger charge is 2.05. The van der Waals surface area contributed by atoms with E-state index in [1.807, 2.05) is 0 Å². The summed E-state index contributed by atoms with van der Waals surface area (Å²) in [5, 5.41) is 6.68. The summed E-state index contributed by atoms with van der Waals surface area (Å²) in [4.78, 5) is 4.26. The molecule has 24 heavy (non-hydrogen) atoms. The maximum atomic E-state index is 5.44. The molecule has 0 aliphatic carbocycles. The second-order valence-electron chi connectivity index (χ2n) is 5.69. The first-order valence-corrected chi connectivity index (χ1v) is 8.16. The minimum Gasteiger partial charge on any atom is -0.382 e. The summed E-state index contributed by atoms with van der Waals surface area (Å²) in [6.07, 6.45) is 0.938. The summed E-state index contributed by atoms with van der Waals surface area (Å²) < 4.78 is 10.4. The molecule has 0 heterocycles. The number of ether oxygens (including phenoxy) is 2. The molecule has 0 aliphatic rings. The Morgan fingerprint density at radius 3 is 2.29 bits per heavy atom. The Morgan fingerprint density at radius 2 is 1.71 bits per heavy atom. The Balaban J connectivity index is 0.00000529. The molecule has 0 unspecified atom stereocenters. The van der Waals surface area contributed by atoms with E-state index in [0.717, 1.165) is 32.1 Å². The van der Waals surface area contributed by atoms with E-state index in [-0.39, 0.29) is 24.0 Å². The number of nitrogens with zero attached hydrogens (tertiary/aromatic N) is 1. The van der Waals surface area contributed by atoms with Gasteiger partial charge in [-0.1, -0.05) is 17.7 Å². The van der Waals surface area contributed by atoms with E-state index >= 15 is 0 Å². The van der Waals surface area contributed by atoms with Crippen molar-refractivity contribution < 1.29 is 9.47 Å². The molecule has 0 atom stereocenters. The number of aryl methyl sites for hydroxylation is 3. The van der Waals surface area contributed by atoms with Gasteiger partial charge in [-0.25, -0.2) is 0 Å². The number of guanidine groups is 1. The highest BCUT2D eigenvalue weighted by atomic mass is 127. The topological polar surface area (TPSA) is 54.9 Å². The Bertz CT molecular complexity index is 484. The fourth-order valence-electron chi connectivity index (χ4n) is 2.51. The number of methoxy groups -OCH3 is 1. The fourth-order valence-corrected chi connectivity index (χ4v) is 2.51. The van der Waals surface area contributed by atoms with Gasteiger partial charge in [0.25, 0.3) is 0 Å². The SMILES string of the molecule is CN=C(NCCCOCCOC)NCc1c(C)cc(C)cc1C.I. The lowest BCUT2D eigenvalue weighted by Crippen LogP contribution is -2.37. The summed E-state index contributed by atoms with van der Waals surface area (Å²) >= 11 is 0. The van der Waals surface area contributed by atoms with Crippen molar-refractivity contribution in [1.29, 1.82) is 0 Å². The zero-order chi connectivity index (χ0) is 17.1. The van der Waals surface area contributed by atoms with Crippen LogP contribution >= 0.6 is 24.0 Å². The van der Waals surface area contributed by atoms with Crippen molar-refractivity contribution in [2.24, 2.45) is 4.99 Å². The molecule has 0 spiro atoms. The molecule has 0 radical (unpaired) electrons. The van der Waals surface area contributed by atoms with Crippen molar-refractivity contribution in [2.75, 3.05) is 40.5 Å². The van der Waals surface area contributed by atoms with Crippen LogP contribution in [-0.4, -0.2) is 46.5 Å². The maximum Gasteiger partial charge on any atom is 0.191 e. The molecule has 0 fully saturated rings. The van der Waals surface area contributed by atoms with Crippen molar-refractivity contribution in [3.8, 4) is 0 Å². The number of rotatable bonds is 9. The van der Waals surface area contributed by atoms with Crippen LogP contribution < -0.4 is 10.6 Å². The van der Waals surface area contributed by atoms with Crippen molar-refractivity contribution in [3.63, 3.8) is 0 Å². The van der Waals surface area contributed by atoms with Gasteiger partial charge in [0.05, 0.1) is 13.2 Å². The van der Waals surface area contributed by atoms with Crippen LogP contribution in [0.4, 0.5) is 0 Å². The molecule has 1 aromatic carbocycles. The predicted molar refractivity (Wildman–Crippen MR) is 112 cm³/mol. The Kier molecular flexibility index (Phi) is 13.0. The minimum atomic E-state index is 0. The largest absolute Gasteiger partial charge is 0.382 e. The Hall–Kier alpha value is -0.860. The first kappa shape index (κ1) is 23.1. The quantitative estimate of drug-likeness (QED) is 0.264. The maximum absolute atomic E-state index is 5.44. The first-order chi connectivity index (χ1) is 11.1. The van der Waals surface area contributed by atoms with Gasteiger partial charge >= 0.3 is 0 Å². The minimum absolute atomic E-state index is 0. The smallest absolute Gasteiger partial charge is 0.191 e. The van der Waals surface area contributed by atoms with E-state index < -0.39 is 0 Å². The van der Waals surface area contributed by atoms with Crippen molar-refractivity contribution in [3.05, 3.63) is 34.4 Å². The van der Waals surface area contributed by atoms with Crippen LogP contribution in [0.5, 0.6) is 0 Å². The van der Waals surface area contributed by atoms with Gasteiger partial charge in [-0.05, 0) is 43.9 Å². The van der Waals surface area contributed by atoms with E-state index in [9.17, 15) is 0 Å². The van der Waals surface area contributed by atoms with Crippen LogP contribution in [-0.2, 0) is 16.0 Å². The van der Waals surface area contributed by atoms with Crippen LogP contribution in [0.1, 0.15) is 28.7 Å². The number of halogens is 1. The van der Waals surface area contributed by atoms with E-state index in [0.29, 0.717) is 13.2 Å².